The number of amides is 1. The van der Waals surface area contributed by atoms with Gasteiger partial charge in [0, 0.05) is 25.4 Å². The van der Waals surface area contributed by atoms with Gasteiger partial charge < -0.3 is 9.32 Å². The van der Waals surface area contributed by atoms with Crippen LogP contribution in [0.1, 0.15) is 58.0 Å². The minimum atomic E-state index is -0.622. The van der Waals surface area contributed by atoms with Gasteiger partial charge in [-0.1, -0.05) is 17.7 Å². The van der Waals surface area contributed by atoms with E-state index in [4.69, 9.17) is 4.42 Å². The van der Waals surface area contributed by atoms with Crippen molar-refractivity contribution in [3.63, 3.8) is 0 Å². The van der Waals surface area contributed by atoms with E-state index in [1.54, 1.807) is 17.0 Å². The highest BCUT2D eigenvalue weighted by Crippen LogP contribution is 2.39. The molecule has 1 aliphatic heterocycles. The normalized spacial score (nSPS) is 24.5. The van der Waals surface area contributed by atoms with Crippen LogP contribution in [-0.4, -0.2) is 35.5 Å². The fraction of sp³-hybridized carbons (Fsp3) is 0.458. The minimum absolute atomic E-state index is 0.0385. The largest absolute Gasteiger partial charge is 0.459 e. The molecule has 0 radical (unpaired) electrons. The van der Waals surface area contributed by atoms with Crippen molar-refractivity contribution >= 4 is 17.5 Å². The standard InChI is InChI=1S/C24H27NO4/c1-14-9-15(2)21(16(3)10-14)22-19(26)12-18(23(22)27)11-17-6-7-25(13-17)24(28)20-5-4-8-29-20/h4-5,8-10,17-18,22H,6-7,11-13H2,1-3H3. The van der Waals surface area contributed by atoms with Crippen LogP contribution in [0.4, 0.5) is 0 Å². The predicted molar refractivity (Wildman–Crippen MR) is 109 cm³/mol. The zero-order chi connectivity index (χ0) is 20.7. The predicted octanol–water partition coefficient (Wildman–Crippen LogP) is 4.00. The fourth-order valence-corrected chi connectivity index (χ4v) is 5.17. The molecule has 29 heavy (non-hydrogen) atoms. The fourth-order valence-electron chi connectivity index (χ4n) is 5.17. The van der Waals surface area contributed by atoms with E-state index in [9.17, 15) is 14.4 Å². The summed E-state index contributed by atoms with van der Waals surface area (Å²) in [7, 11) is 0. The Bertz CT molecular complexity index is 936. The lowest BCUT2D eigenvalue weighted by Gasteiger charge is -2.18. The first-order chi connectivity index (χ1) is 13.8. The van der Waals surface area contributed by atoms with Gasteiger partial charge in [0.05, 0.1) is 6.26 Å². The summed E-state index contributed by atoms with van der Waals surface area (Å²) >= 11 is 0. The van der Waals surface area contributed by atoms with Crippen molar-refractivity contribution in [1.82, 2.24) is 4.90 Å². The lowest BCUT2D eigenvalue weighted by atomic mass is 9.85. The van der Waals surface area contributed by atoms with Gasteiger partial charge in [-0.05, 0) is 68.4 Å². The van der Waals surface area contributed by atoms with Gasteiger partial charge in [-0.3, -0.25) is 14.4 Å². The molecule has 5 nitrogen and oxygen atoms in total. The molecular weight excluding hydrogens is 366 g/mol. The zero-order valence-corrected chi connectivity index (χ0v) is 17.2. The first-order valence-corrected chi connectivity index (χ1v) is 10.3. The zero-order valence-electron chi connectivity index (χ0n) is 17.2. The molecule has 0 N–H and O–H groups in total. The third-order valence-corrected chi connectivity index (χ3v) is 6.41. The molecule has 1 aliphatic carbocycles. The molecule has 1 aromatic carbocycles. The first-order valence-electron chi connectivity index (χ1n) is 10.3. The Hall–Kier alpha value is -2.69. The van der Waals surface area contributed by atoms with Gasteiger partial charge in [-0.2, -0.15) is 0 Å². The molecule has 2 aromatic rings. The third-order valence-electron chi connectivity index (χ3n) is 6.41. The number of rotatable bonds is 4. The Labute approximate surface area is 171 Å². The van der Waals surface area contributed by atoms with Crippen LogP contribution >= 0.6 is 0 Å². The highest BCUT2D eigenvalue weighted by Gasteiger charge is 2.44. The van der Waals surface area contributed by atoms with Crippen molar-refractivity contribution in [3.8, 4) is 0 Å². The van der Waals surface area contributed by atoms with Crippen molar-refractivity contribution in [2.24, 2.45) is 11.8 Å². The Morgan fingerprint density at radius 3 is 2.55 bits per heavy atom. The molecule has 3 unspecified atom stereocenters. The molecule has 0 bridgehead atoms. The Morgan fingerprint density at radius 2 is 1.90 bits per heavy atom. The van der Waals surface area contributed by atoms with Crippen molar-refractivity contribution in [3.05, 3.63) is 58.5 Å². The van der Waals surface area contributed by atoms with E-state index in [1.807, 2.05) is 32.9 Å². The van der Waals surface area contributed by atoms with Crippen molar-refractivity contribution in [2.45, 2.75) is 46.0 Å². The summed E-state index contributed by atoms with van der Waals surface area (Å²) in [5, 5.41) is 0. The highest BCUT2D eigenvalue weighted by atomic mass is 16.3. The van der Waals surface area contributed by atoms with Crippen LogP contribution in [-0.2, 0) is 9.59 Å². The molecular formula is C24H27NO4. The average molecular weight is 393 g/mol. The van der Waals surface area contributed by atoms with Gasteiger partial charge in [0.25, 0.3) is 5.91 Å². The molecule has 3 atom stereocenters. The quantitative estimate of drug-likeness (QED) is 0.737. The van der Waals surface area contributed by atoms with Crippen LogP contribution in [0.25, 0.3) is 0 Å². The van der Waals surface area contributed by atoms with Crippen LogP contribution in [0.3, 0.4) is 0 Å². The van der Waals surface area contributed by atoms with Gasteiger partial charge in [0.15, 0.2) is 11.5 Å². The molecule has 2 fully saturated rings. The number of carbonyl (C=O) groups excluding carboxylic acids is 3. The smallest absolute Gasteiger partial charge is 0.289 e. The van der Waals surface area contributed by atoms with Gasteiger partial charge in [-0.25, -0.2) is 0 Å². The maximum Gasteiger partial charge on any atom is 0.289 e. The van der Waals surface area contributed by atoms with Crippen molar-refractivity contribution in [2.75, 3.05) is 13.1 Å². The van der Waals surface area contributed by atoms with E-state index in [-0.39, 0.29) is 29.3 Å². The van der Waals surface area contributed by atoms with Crippen LogP contribution < -0.4 is 0 Å². The van der Waals surface area contributed by atoms with Crippen LogP contribution in [0.5, 0.6) is 0 Å². The first kappa shape index (κ1) is 19.6. The maximum atomic E-state index is 13.2. The number of carbonyl (C=O) groups is 3. The molecule has 4 rings (SSSR count). The van der Waals surface area contributed by atoms with E-state index in [0.29, 0.717) is 31.7 Å². The highest BCUT2D eigenvalue weighted by molar-refractivity contribution is 6.15. The molecule has 2 heterocycles. The summed E-state index contributed by atoms with van der Waals surface area (Å²) in [5.74, 6) is -0.274. The van der Waals surface area contributed by atoms with Crippen molar-refractivity contribution in [1.29, 1.82) is 0 Å². The average Bonchev–Trinajstić information content (AvgIpc) is 3.38. The number of furan rings is 1. The topological polar surface area (TPSA) is 67.6 Å². The number of aryl methyl sites for hydroxylation is 3. The van der Waals surface area contributed by atoms with Gasteiger partial charge in [0.1, 0.15) is 11.7 Å². The summed E-state index contributed by atoms with van der Waals surface area (Å²) in [5.41, 5.74) is 4.08. The number of hydrogen-bond donors (Lipinski definition) is 0. The molecule has 1 saturated heterocycles. The minimum Gasteiger partial charge on any atom is -0.459 e. The third kappa shape index (κ3) is 3.66. The summed E-state index contributed by atoms with van der Waals surface area (Å²) < 4.78 is 5.21. The second-order valence-corrected chi connectivity index (χ2v) is 8.63. The van der Waals surface area contributed by atoms with E-state index < -0.39 is 5.92 Å². The van der Waals surface area contributed by atoms with Gasteiger partial charge in [0.2, 0.25) is 0 Å². The molecule has 1 aromatic heterocycles. The van der Waals surface area contributed by atoms with E-state index in [0.717, 1.165) is 28.7 Å². The van der Waals surface area contributed by atoms with Gasteiger partial charge >= 0.3 is 0 Å². The lowest BCUT2D eigenvalue weighted by molar-refractivity contribution is -0.125. The molecule has 1 saturated carbocycles. The summed E-state index contributed by atoms with van der Waals surface area (Å²) in [6.45, 7) is 7.28. The van der Waals surface area contributed by atoms with E-state index in [1.165, 1.54) is 6.26 Å². The summed E-state index contributed by atoms with van der Waals surface area (Å²) in [4.78, 5) is 40.2. The number of ketones is 2. The Kier molecular flexibility index (Phi) is 5.15. The number of benzene rings is 1. The molecule has 2 aliphatic rings. The summed E-state index contributed by atoms with van der Waals surface area (Å²) in [6, 6.07) is 7.47. The number of Topliss-reactive ketones (excluding diaryl/α,β-unsaturated/α-hetero) is 2. The number of likely N-dealkylation sites (tertiary alicyclic amines) is 1. The summed E-state index contributed by atoms with van der Waals surface area (Å²) in [6.07, 6.45) is 3.35. The number of hydrogen-bond acceptors (Lipinski definition) is 4. The van der Waals surface area contributed by atoms with Crippen molar-refractivity contribution < 1.29 is 18.8 Å². The number of nitrogens with zero attached hydrogens (tertiary/aromatic N) is 1. The van der Waals surface area contributed by atoms with Crippen LogP contribution in [0.2, 0.25) is 0 Å². The maximum absolute atomic E-state index is 13.2. The van der Waals surface area contributed by atoms with Crippen LogP contribution in [0.15, 0.2) is 34.9 Å². The SMILES string of the molecule is Cc1cc(C)c(C2C(=O)CC(CC3CCN(C(=O)c4ccco4)C3)C2=O)c(C)c1. The molecule has 5 heteroatoms. The second kappa shape index (κ2) is 7.62. The second-order valence-electron chi connectivity index (χ2n) is 8.63. The molecule has 0 spiro atoms. The van der Waals surface area contributed by atoms with Crippen LogP contribution in [0, 0.1) is 32.6 Å². The van der Waals surface area contributed by atoms with E-state index in [2.05, 4.69) is 0 Å². The van der Waals surface area contributed by atoms with E-state index >= 15 is 0 Å². The molecule has 1 amide bonds. The Balaban J connectivity index is 1.44. The Morgan fingerprint density at radius 1 is 1.17 bits per heavy atom. The van der Waals surface area contributed by atoms with Gasteiger partial charge in [-0.15, -0.1) is 0 Å². The molecule has 152 valence electrons. The monoisotopic (exact) mass is 393 g/mol. The lowest BCUT2D eigenvalue weighted by Crippen LogP contribution is -2.28.